The molecule has 0 saturated carbocycles. The van der Waals surface area contributed by atoms with Crippen LogP contribution in [0.1, 0.15) is 0 Å². The molecule has 0 saturated heterocycles. The number of benzene rings is 1. The predicted molar refractivity (Wildman–Crippen MR) is 78.2 cm³/mol. The van der Waals surface area contributed by atoms with Crippen LogP contribution in [0.3, 0.4) is 0 Å². The fourth-order valence-corrected chi connectivity index (χ4v) is 2.04. The molecule has 0 fully saturated rings. The summed E-state index contributed by atoms with van der Waals surface area (Å²) in [6.07, 6.45) is 1.07. The van der Waals surface area contributed by atoms with Gasteiger partial charge in [0.2, 0.25) is 11.8 Å². The second kappa shape index (κ2) is 5.49. The zero-order chi connectivity index (χ0) is 14.0. The zero-order valence-electron chi connectivity index (χ0n) is 9.30. The van der Waals surface area contributed by atoms with Crippen LogP contribution in [0.25, 0.3) is 0 Å². The molecule has 1 aromatic carbocycles. The van der Waals surface area contributed by atoms with E-state index in [0.717, 1.165) is 15.1 Å². The third-order valence-corrected chi connectivity index (χ3v) is 3.35. The summed E-state index contributed by atoms with van der Waals surface area (Å²) in [6.45, 7) is 0. The molecule has 0 aliphatic carbocycles. The molecule has 9 heteroatoms. The van der Waals surface area contributed by atoms with Crippen molar-refractivity contribution in [1.82, 2.24) is 9.97 Å². The molecule has 0 aliphatic rings. The Morgan fingerprint density at radius 3 is 2.79 bits per heavy atom. The number of nitro groups is 1. The topological polar surface area (TPSA) is 107 Å². The molecule has 0 unspecified atom stereocenters. The average molecular weight is 389 g/mol. The third kappa shape index (κ3) is 3.18. The van der Waals surface area contributed by atoms with Crippen LogP contribution in [0.15, 0.2) is 33.3 Å². The number of anilines is 3. The van der Waals surface area contributed by atoms with E-state index >= 15 is 0 Å². The molecule has 7 nitrogen and oxygen atoms in total. The van der Waals surface area contributed by atoms with Crippen LogP contribution in [0.5, 0.6) is 0 Å². The maximum Gasteiger partial charge on any atom is 0.329 e. The van der Waals surface area contributed by atoms with Crippen molar-refractivity contribution in [1.29, 1.82) is 0 Å². The smallest absolute Gasteiger partial charge is 0.329 e. The molecule has 2 aromatic rings. The highest BCUT2D eigenvalue weighted by molar-refractivity contribution is 9.11. The van der Waals surface area contributed by atoms with Gasteiger partial charge in [0.1, 0.15) is 6.20 Å². The van der Waals surface area contributed by atoms with Crippen molar-refractivity contribution >= 4 is 55.0 Å². The number of nitrogens with two attached hydrogens (primary N) is 1. The minimum atomic E-state index is -0.576. The predicted octanol–water partition coefficient (Wildman–Crippen LogP) is 3.24. The van der Waals surface area contributed by atoms with E-state index < -0.39 is 4.92 Å². The Morgan fingerprint density at radius 1 is 1.37 bits per heavy atom. The Labute approximate surface area is 124 Å². The van der Waals surface area contributed by atoms with Crippen molar-refractivity contribution < 1.29 is 4.92 Å². The van der Waals surface area contributed by atoms with E-state index in [0.29, 0.717) is 5.69 Å². The molecule has 1 aromatic heterocycles. The summed E-state index contributed by atoms with van der Waals surface area (Å²) in [6, 6.07) is 5.38. The SMILES string of the molecule is Nc1ncc([N+](=O)[O-])c(Nc2cc(Br)ccc2Br)n1. The van der Waals surface area contributed by atoms with E-state index in [-0.39, 0.29) is 17.5 Å². The summed E-state index contributed by atoms with van der Waals surface area (Å²) in [7, 11) is 0. The van der Waals surface area contributed by atoms with Gasteiger partial charge in [-0.3, -0.25) is 10.1 Å². The fourth-order valence-electron chi connectivity index (χ4n) is 1.34. The second-order valence-corrected chi connectivity index (χ2v) is 5.24. The Morgan fingerprint density at radius 2 is 2.11 bits per heavy atom. The lowest BCUT2D eigenvalue weighted by Crippen LogP contribution is -2.04. The fraction of sp³-hybridized carbons (Fsp3) is 0. The number of hydrogen-bond donors (Lipinski definition) is 2. The highest BCUT2D eigenvalue weighted by atomic mass is 79.9. The molecule has 0 atom stereocenters. The summed E-state index contributed by atoms with van der Waals surface area (Å²) in [5, 5.41) is 13.8. The van der Waals surface area contributed by atoms with Gasteiger partial charge in [-0.15, -0.1) is 0 Å². The molecule has 2 rings (SSSR count). The lowest BCUT2D eigenvalue weighted by atomic mass is 10.3. The molecule has 0 spiro atoms. The minimum absolute atomic E-state index is 0.0382. The van der Waals surface area contributed by atoms with E-state index in [1.165, 1.54) is 0 Å². The van der Waals surface area contributed by atoms with Gasteiger partial charge in [-0.2, -0.15) is 4.98 Å². The Kier molecular flexibility index (Phi) is 3.96. The highest BCUT2D eigenvalue weighted by Gasteiger charge is 2.17. The molecule has 19 heavy (non-hydrogen) atoms. The first kappa shape index (κ1) is 13.7. The normalized spacial score (nSPS) is 10.2. The van der Waals surface area contributed by atoms with E-state index in [9.17, 15) is 10.1 Å². The standard InChI is InChI=1S/C10H7Br2N5O2/c11-5-1-2-6(12)7(3-5)15-9-8(17(18)19)4-14-10(13)16-9/h1-4H,(H3,13,14,15,16). The first-order chi connectivity index (χ1) is 8.97. The lowest BCUT2D eigenvalue weighted by Gasteiger charge is -2.08. The maximum atomic E-state index is 10.9. The number of nitrogens with one attached hydrogen (secondary N) is 1. The third-order valence-electron chi connectivity index (χ3n) is 2.17. The number of halogens is 2. The van der Waals surface area contributed by atoms with Crippen LogP contribution >= 0.6 is 31.9 Å². The summed E-state index contributed by atoms with van der Waals surface area (Å²) in [4.78, 5) is 17.8. The van der Waals surface area contributed by atoms with Crippen molar-refractivity contribution in [2.24, 2.45) is 0 Å². The molecule has 0 amide bonds. The van der Waals surface area contributed by atoms with Crippen LogP contribution in [0.2, 0.25) is 0 Å². The van der Waals surface area contributed by atoms with Gasteiger partial charge < -0.3 is 11.1 Å². The molecule has 0 radical (unpaired) electrons. The zero-order valence-corrected chi connectivity index (χ0v) is 12.5. The van der Waals surface area contributed by atoms with Gasteiger partial charge in [-0.1, -0.05) is 15.9 Å². The van der Waals surface area contributed by atoms with Crippen LogP contribution in [0.4, 0.5) is 23.1 Å². The second-order valence-electron chi connectivity index (χ2n) is 3.47. The number of aromatic nitrogens is 2. The van der Waals surface area contributed by atoms with Gasteiger partial charge in [0.25, 0.3) is 0 Å². The van der Waals surface area contributed by atoms with Crippen LogP contribution in [-0.2, 0) is 0 Å². The highest BCUT2D eigenvalue weighted by Crippen LogP contribution is 2.31. The lowest BCUT2D eigenvalue weighted by molar-refractivity contribution is -0.384. The molecule has 0 aliphatic heterocycles. The average Bonchev–Trinajstić information content (AvgIpc) is 2.33. The van der Waals surface area contributed by atoms with Gasteiger partial charge in [-0.25, -0.2) is 4.98 Å². The largest absolute Gasteiger partial charge is 0.368 e. The van der Waals surface area contributed by atoms with Gasteiger partial charge in [0, 0.05) is 8.95 Å². The quantitative estimate of drug-likeness (QED) is 0.617. The summed E-state index contributed by atoms with van der Waals surface area (Å²) in [5.41, 5.74) is 5.82. The van der Waals surface area contributed by atoms with Gasteiger partial charge in [0.05, 0.1) is 10.6 Å². The Hall–Kier alpha value is -1.74. The van der Waals surface area contributed by atoms with Gasteiger partial charge in [-0.05, 0) is 34.1 Å². The number of hydrogen-bond acceptors (Lipinski definition) is 6. The Balaban J connectivity index is 2.45. The van der Waals surface area contributed by atoms with Crippen molar-refractivity contribution in [3.8, 4) is 0 Å². The van der Waals surface area contributed by atoms with E-state index in [1.54, 1.807) is 12.1 Å². The van der Waals surface area contributed by atoms with E-state index in [4.69, 9.17) is 5.73 Å². The molecule has 1 heterocycles. The number of rotatable bonds is 3. The van der Waals surface area contributed by atoms with E-state index in [2.05, 4.69) is 47.1 Å². The summed E-state index contributed by atoms with van der Waals surface area (Å²) >= 11 is 6.66. The van der Waals surface area contributed by atoms with Gasteiger partial charge in [0.15, 0.2) is 0 Å². The number of nitrogens with zero attached hydrogens (tertiary/aromatic N) is 3. The van der Waals surface area contributed by atoms with Crippen molar-refractivity contribution in [2.75, 3.05) is 11.1 Å². The molecular weight excluding hydrogens is 382 g/mol. The first-order valence-corrected chi connectivity index (χ1v) is 6.55. The van der Waals surface area contributed by atoms with E-state index in [1.807, 2.05) is 6.07 Å². The molecule has 0 bridgehead atoms. The van der Waals surface area contributed by atoms with Gasteiger partial charge >= 0.3 is 5.69 Å². The van der Waals surface area contributed by atoms with Crippen molar-refractivity contribution in [3.05, 3.63) is 43.5 Å². The van der Waals surface area contributed by atoms with Crippen molar-refractivity contribution in [2.45, 2.75) is 0 Å². The minimum Gasteiger partial charge on any atom is -0.368 e. The number of nitrogen functional groups attached to an aromatic ring is 1. The Bertz CT molecular complexity index is 650. The van der Waals surface area contributed by atoms with Crippen LogP contribution in [0, 0.1) is 10.1 Å². The molecular formula is C10H7Br2N5O2. The molecule has 3 N–H and O–H groups in total. The van der Waals surface area contributed by atoms with Crippen LogP contribution in [-0.4, -0.2) is 14.9 Å². The summed E-state index contributed by atoms with van der Waals surface area (Å²) < 4.78 is 1.56. The summed E-state index contributed by atoms with van der Waals surface area (Å²) in [5.74, 6) is -0.00415. The molecule has 98 valence electrons. The van der Waals surface area contributed by atoms with Crippen LogP contribution < -0.4 is 11.1 Å². The maximum absolute atomic E-state index is 10.9. The monoisotopic (exact) mass is 387 g/mol. The first-order valence-electron chi connectivity index (χ1n) is 4.96. The van der Waals surface area contributed by atoms with Crippen molar-refractivity contribution in [3.63, 3.8) is 0 Å².